The van der Waals surface area contributed by atoms with Crippen LogP contribution in [-0.2, 0) is 11.2 Å². The van der Waals surface area contributed by atoms with Gasteiger partial charge in [-0.2, -0.15) is 9.97 Å². The van der Waals surface area contributed by atoms with E-state index in [1.54, 1.807) is 20.4 Å². The SMILES string of the molecule is C=CC(=O)Cc1cc(OC)ccc1Nc1nc(Nc2cc(OC)nc(N3CCN(C)CC3)c2)ncc1C. The lowest BCUT2D eigenvalue weighted by Gasteiger charge is -2.33. The quantitative estimate of drug-likeness (QED) is 0.398. The second-order valence-corrected chi connectivity index (χ2v) is 8.89. The van der Waals surface area contributed by atoms with Gasteiger partial charge in [-0.25, -0.2) is 4.98 Å². The average Bonchev–Trinajstić information content (AvgIpc) is 2.91. The van der Waals surface area contributed by atoms with Crippen molar-refractivity contribution in [3.63, 3.8) is 0 Å². The zero-order chi connectivity index (χ0) is 26.4. The Morgan fingerprint density at radius 2 is 1.86 bits per heavy atom. The number of aromatic nitrogens is 3. The number of benzene rings is 1. The van der Waals surface area contributed by atoms with Crippen molar-refractivity contribution in [3.8, 4) is 11.6 Å². The van der Waals surface area contributed by atoms with Crippen molar-refractivity contribution >= 4 is 34.7 Å². The molecule has 0 unspecified atom stereocenters. The Bertz CT molecular complexity index is 1270. The van der Waals surface area contributed by atoms with Gasteiger partial charge < -0.3 is 29.9 Å². The van der Waals surface area contributed by atoms with Crippen LogP contribution in [0.15, 0.2) is 49.2 Å². The number of anilines is 5. The maximum Gasteiger partial charge on any atom is 0.229 e. The van der Waals surface area contributed by atoms with Crippen LogP contribution in [0.1, 0.15) is 11.1 Å². The summed E-state index contributed by atoms with van der Waals surface area (Å²) in [6.07, 6.45) is 3.26. The van der Waals surface area contributed by atoms with E-state index in [2.05, 4.69) is 44.0 Å². The van der Waals surface area contributed by atoms with E-state index in [9.17, 15) is 4.79 Å². The number of nitrogens with one attached hydrogen (secondary N) is 2. The first-order chi connectivity index (χ1) is 17.9. The van der Waals surface area contributed by atoms with E-state index >= 15 is 0 Å². The molecule has 0 amide bonds. The summed E-state index contributed by atoms with van der Waals surface area (Å²) < 4.78 is 10.8. The minimum absolute atomic E-state index is 0.0825. The number of ketones is 1. The molecule has 0 radical (unpaired) electrons. The number of rotatable bonds is 10. The molecule has 4 rings (SSSR count). The molecule has 0 saturated carbocycles. The van der Waals surface area contributed by atoms with Crippen molar-refractivity contribution in [1.29, 1.82) is 0 Å². The molecule has 0 bridgehead atoms. The summed E-state index contributed by atoms with van der Waals surface area (Å²) in [6, 6.07) is 9.34. The maximum absolute atomic E-state index is 12.1. The van der Waals surface area contributed by atoms with Crippen molar-refractivity contribution in [3.05, 3.63) is 60.3 Å². The van der Waals surface area contributed by atoms with Crippen LogP contribution >= 0.6 is 0 Å². The lowest BCUT2D eigenvalue weighted by atomic mass is 10.1. The molecule has 0 spiro atoms. The van der Waals surface area contributed by atoms with Gasteiger partial charge in [0.2, 0.25) is 11.8 Å². The van der Waals surface area contributed by atoms with Crippen LogP contribution in [0.5, 0.6) is 11.6 Å². The Morgan fingerprint density at radius 1 is 1.08 bits per heavy atom. The number of ether oxygens (including phenoxy) is 2. The van der Waals surface area contributed by atoms with Gasteiger partial charge in [0.15, 0.2) is 5.78 Å². The van der Waals surface area contributed by atoms with Gasteiger partial charge >= 0.3 is 0 Å². The van der Waals surface area contributed by atoms with E-state index in [1.165, 1.54) is 6.08 Å². The molecular formula is C27H33N7O3. The Hall–Kier alpha value is -4.18. The van der Waals surface area contributed by atoms with E-state index in [0.29, 0.717) is 23.4 Å². The van der Waals surface area contributed by atoms with Crippen molar-refractivity contribution < 1.29 is 14.3 Å². The first-order valence-electron chi connectivity index (χ1n) is 12.1. The zero-order valence-electron chi connectivity index (χ0n) is 21.7. The Kier molecular flexibility index (Phi) is 8.19. The van der Waals surface area contributed by atoms with Crippen molar-refractivity contribution in [2.75, 3.05) is 63.0 Å². The van der Waals surface area contributed by atoms with Crippen molar-refractivity contribution in [2.45, 2.75) is 13.3 Å². The Balaban J connectivity index is 1.59. The van der Waals surface area contributed by atoms with Crippen LogP contribution in [0.4, 0.5) is 29.0 Å². The fourth-order valence-electron chi connectivity index (χ4n) is 3.98. The number of hydrogen-bond acceptors (Lipinski definition) is 10. The van der Waals surface area contributed by atoms with Crippen LogP contribution in [0, 0.1) is 6.92 Å². The molecular weight excluding hydrogens is 470 g/mol. The second kappa shape index (κ2) is 11.7. The van der Waals surface area contributed by atoms with Gasteiger partial charge in [-0.15, -0.1) is 0 Å². The highest BCUT2D eigenvalue weighted by Gasteiger charge is 2.17. The summed E-state index contributed by atoms with van der Waals surface area (Å²) in [5.74, 6) is 2.98. The normalized spacial score (nSPS) is 13.7. The number of carbonyl (C=O) groups is 1. The van der Waals surface area contributed by atoms with Crippen molar-refractivity contribution in [2.24, 2.45) is 0 Å². The smallest absolute Gasteiger partial charge is 0.229 e. The number of likely N-dealkylation sites (N-methyl/N-ethyl adjacent to an activating group) is 1. The van der Waals surface area contributed by atoms with E-state index in [1.807, 2.05) is 37.3 Å². The van der Waals surface area contributed by atoms with Crippen molar-refractivity contribution in [1.82, 2.24) is 19.9 Å². The molecule has 1 aliphatic heterocycles. The van der Waals surface area contributed by atoms with Crippen LogP contribution in [0.25, 0.3) is 0 Å². The van der Waals surface area contributed by atoms with Gasteiger partial charge in [0.1, 0.15) is 17.4 Å². The largest absolute Gasteiger partial charge is 0.497 e. The number of piperazine rings is 1. The third kappa shape index (κ3) is 6.53. The molecule has 10 nitrogen and oxygen atoms in total. The van der Waals surface area contributed by atoms with Crippen LogP contribution in [0.3, 0.4) is 0 Å². The third-order valence-electron chi connectivity index (χ3n) is 6.21. The average molecular weight is 504 g/mol. The summed E-state index contributed by atoms with van der Waals surface area (Å²) in [4.78, 5) is 30.4. The number of carbonyl (C=O) groups excluding carboxylic acids is 1. The maximum atomic E-state index is 12.1. The predicted molar refractivity (Wildman–Crippen MR) is 146 cm³/mol. The van der Waals surface area contributed by atoms with E-state index < -0.39 is 0 Å². The van der Waals surface area contributed by atoms with E-state index in [0.717, 1.165) is 54.5 Å². The summed E-state index contributed by atoms with van der Waals surface area (Å²) in [6.45, 7) is 9.24. The first-order valence-corrected chi connectivity index (χ1v) is 12.1. The number of nitrogens with zero attached hydrogens (tertiary/aromatic N) is 5. The number of methoxy groups -OCH3 is 2. The van der Waals surface area contributed by atoms with E-state index in [-0.39, 0.29) is 12.2 Å². The predicted octanol–water partition coefficient (Wildman–Crippen LogP) is 3.73. The molecule has 0 aliphatic carbocycles. The molecule has 3 aromatic rings. The summed E-state index contributed by atoms with van der Waals surface area (Å²) >= 11 is 0. The topological polar surface area (TPSA) is 105 Å². The summed E-state index contributed by atoms with van der Waals surface area (Å²) in [5, 5.41) is 6.64. The van der Waals surface area contributed by atoms with Gasteiger partial charge in [-0.1, -0.05) is 6.58 Å². The van der Waals surface area contributed by atoms with Gasteiger partial charge in [-0.3, -0.25) is 4.79 Å². The van der Waals surface area contributed by atoms with Gasteiger partial charge in [0.05, 0.1) is 14.2 Å². The fraction of sp³-hybridized carbons (Fsp3) is 0.333. The number of allylic oxidation sites excluding steroid dienone is 1. The van der Waals surface area contributed by atoms with Gasteiger partial charge in [0, 0.05) is 67.9 Å². The number of pyridine rings is 1. The molecule has 1 saturated heterocycles. The highest BCUT2D eigenvalue weighted by atomic mass is 16.5. The number of hydrogen-bond donors (Lipinski definition) is 2. The molecule has 1 aromatic carbocycles. The molecule has 2 N–H and O–H groups in total. The first kappa shape index (κ1) is 25.9. The Labute approximate surface area is 217 Å². The minimum atomic E-state index is -0.0825. The molecule has 1 fully saturated rings. The fourth-order valence-corrected chi connectivity index (χ4v) is 3.98. The monoisotopic (exact) mass is 503 g/mol. The number of aryl methyl sites for hydroxylation is 1. The van der Waals surface area contributed by atoms with Crippen LogP contribution in [0.2, 0.25) is 0 Å². The highest BCUT2D eigenvalue weighted by Crippen LogP contribution is 2.29. The summed E-state index contributed by atoms with van der Waals surface area (Å²) in [7, 11) is 5.32. The van der Waals surface area contributed by atoms with Crippen LogP contribution in [-0.4, -0.2) is 73.1 Å². The zero-order valence-corrected chi connectivity index (χ0v) is 21.7. The van der Waals surface area contributed by atoms with E-state index in [4.69, 9.17) is 14.5 Å². The highest BCUT2D eigenvalue weighted by molar-refractivity contribution is 5.92. The molecule has 3 heterocycles. The second-order valence-electron chi connectivity index (χ2n) is 8.89. The van der Waals surface area contributed by atoms with Gasteiger partial charge in [0.25, 0.3) is 0 Å². The lowest BCUT2D eigenvalue weighted by Crippen LogP contribution is -2.44. The summed E-state index contributed by atoms with van der Waals surface area (Å²) in [5.41, 5.74) is 3.17. The molecule has 0 atom stereocenters. The van der Waals surface area contributed by atoms with Gasteiger partial charge in [-0.05, 0) is 43.8 Å². The molecule has 10 heteroatoms. The minimum Gasteiger partial charge on any atom is -0.497 e. The molecule has 194 valence electrons. The molecule has 37 heavy (non-hydrogen) atoms. The standard InChI is InChI=1S/C27H33N7O3/c1-6-21(35)13-19-14-22(36-4)7-8-23(19)30-26-18(2)17-28-27(32-26)29-20-15-24(31-25(16-20)37-5)34-11-9-33(3)10-12-34/h6-8,14-17H,1,9-13H2,2-5H3,(H2,28,29,30,31,32). The molecule has 1 aliphatic rings. The third-order valence-corrected chi connectivity index (χ3v) is 6.21. The lowest BCUT2D eigenvalue weighted by molar-refractivity contribution is -0.114. The molecule has 2 aromatic heterocycles. The Morgan fingerprint density at radius 3 is 2.57 bits per heavy atom. The van der Waals surface area contributed by atoms with Crippen LogP contribution < -0.4 is 25.0 Å².